The van der Waals surface area contributed by atoms with Crippen LogP contribution in [0.3, 0.4) is 0 Å². The molecular weight excluding hydrogens is 813 g/mol. The highest BCUT2D eigenvalue weighted by molar-refractivity contribution is 8.00. The van der Waals surface area contributed by atoms with Crippen molar-refractivity contribution in [2.24, 2.45) is 0 Å². The summed E-state index contributed by atoms with van der Waals surface area (Å²) in [5, 5.41) is 7.99. The Labute approximate surface area is 346 Å². The van der Waals surface area contributed by atoms with Crippen LogP contribution in [0.15, 0.2) is 138 Å². The number of thioether (sulfide) groups is 1. The van der Waals surface area contributed by atoms with Crippen molar-refractivity contribution in [1.29, 1.82) is 0 Å². The summed E-state index contributed by atoms with van der Waals surface area (Å²) < 4.78 is 12.3. The Bertz CT molecular complexity index is 2280. The number of thiophene rings is 1. The Morgan fingerprint density at radius 3 is 2.29 bits per heavy atom. The van der Waals surface area contributed by atoms with Gasteiger partial charge in [0, 0.05) is 21.3 Å². The van der Waals surface area contributed by atoms with Crippen molar-refractivity contribution >= 4 is 87.3 Å². The third-order valence-electron chi connectivity index (χ3n) is 8.87. The topological polar surface area (TPSA) is 114 Å². The van der Waals surface area contributed by atoms with Crippen molar-refractivity contribution < 1.29 is 28.7 Å². The fraction of sp³-hybridized carbons (Fsp3) is 0.143. The molecule has 2 aliphatic heterocycles. The van der Waals surface area contributed by atoms with Crippen molar-refractivity contribution in [3.8, 4) is 5.75 Å². The average molecular weight is 845 g/mol. The lowest BCUT2D eigenvalue weighted by molar-refractivity contribution is -0.154. The molecule has 0 spiro atoms. The predicted octanol–water partition coefficient (Wildman–Crippen LogP) is 9.13. The van der Waals surface area contributed by atoms with Crippen molar-refractivity contribution in [1.82, 2.24) is 10.2 Å². The molecule has 1 saturated heterocycles. The molecule has 14 heteroatoms. The number of rotatable bonds is 13. The van der Waals surface area contributed by atoms with Gasteiger partial charge in [-0.3, -0.25) is 19.3 Å². The summed E-state index contributed by atoms with van der Waals surface area (Å²) in [7, 11) is 0. The van der Waals surface area contributed by atoms with Crippen molar-refractivity contribution in [3.05, 3.63) is 175 Å². The minimum Gasteiger partial charge on any atom is -0.489 e. The second kappa shape index (κ2) is 17.8. The first-order valence-electron chi connectivity index (χ1n) is 17.3. The second-order valence-electron chi connectivity index (χ2n) is 12.6. The Morgan fingerprint density at radius 1 is 0.875 bits per heavy atom. The molecule has 2 N–H and O–H groups in total. The lowest BCUT2D eigenvalue weighted by Gasteiger charge is -2.49. The van der Waals surface area contributed by atoms with Crippen LogP contribution in [0.2, 0.25) is 15.1 Å². The van der Waals surface area contributed by atoms with Gasteiger partial charge in [0.1, 0.15) is 29.5 Å². The number of amides is 3. The number of fused-ring (bicyclic) bond motifs is 1. The maximum Gasteiger partial charge on any atom is 0.356 e. The van der Waals surface area contributed by atoms with Gasteiger partial charge in [0.2, 0.25) is 5.91 Å². The molecule has 1 aromatic heterocycles. The lowest BCUT2D eigenvalue weighted by atomic mass is 10.0. The van der Waals surface area contributed by atoms with Gasteiger partial charge in [-0.25, -0.2) is 4.79 Å². The quantitative estimate of drug-likeness (QED) is 0.0898. The van der Waals surface area contributed by atoms with Gasteiger partial charge in [0.05, 0.1) is 22.0 Å². The molecule has 2 atom stereocenters. The summed E-state index contributed by atoms with van der Waals surface area (Å²) in [5.41, 5.74) is 2.75. The molecule has 9 nitrogen and oxygen atoms in total. The minimum absolute atomic E-state index is 0.000608. The van der Waals surface area contributed by atoms with Crippen molar-refractivity contribution in [2.75, 3.05) is 17.7 Å². The SMILES string of the molecule is O=C(Cc1cccs1)NC1C(=O)N2C(C(=O)OC(c3ccccc3)c3ccccc3)=C(C=CCOc3ccc(Cl)cc3C(=O)Nc3ccc(Cl)c(Cl)c3)CS[C@@H]12. The molecule has 3 heterocycles. The van der Waals surface area contributed by atoms with Crippen LogP contribution in [0.5, 0.6) is 5.75 Å². The predicted molar refractivity (Wildman–Crippen MR) is 221 cm³/mol. The van der Waals surface area contributed by atoms with E-state index in [2.05, 4.69) is 10.6 Å². The maximum absolute atomic E-state index is 14.3. The van der Waals surface area contributed by atoms with Gasteiger partial charge >= 0.3 is 5.97 Å². The molecule has 0 bridgehead atoms. The molecule has 56 heavy (non-hydrogen) atoms. The summed E-state index contributed by atoms with van der Waals surface area (Å²) in [6, 6.07) is 31.1. The number of allylic oxidation sites excluding steroid dienone is 1. The van der Waals surface area contributed by atoms with Gasteiger partial charge in [-0.15, -0.1) is 23.1 Å². The van der Waals surface area contributed by atoms with E-state index in [9.17, 15) is 19.2 Å². The molecule has 7 rings (SSSR count). The number of hydrogen-bond acceptors (Lipinski definition) is 8. The maximum atomic E-state index is 14.3. The zero-order valence-corrected chi connectivity index (χ0v) is 33.2. The summed E-state index contributed by atoms with van der Waals surface area (Å²) in [6.07, 6.45) is 2.80. The number of hydrogen-bond donors (Lipinski definition) is 2. The first-order chi connectivity index (χ1) is 27.2. The molecule has 3 amide bonds. The van der Waals surface area contributed by atoms with Gasteiger partial charge in [0.25, 0.3) is 11.8 Å². The standard InChI is InChI=1S/C42H32Cl3N3O6S2/c43-28-15-18-34(31(21-28)39(50)46-29-16-17-32(44)33(45)22-29)53-19-7-13-27-24-56-41-36(47-35(49)23-30-14-8-20-55-30)40(51)48(41)37(27)42(52)54-38(25-9-3-1-4-10-25)26-11-5-2-6-12-26/h1-18,20-22,36,38,41H,19,23-24H2,(H,46,50)(H,47,49)/t36?,41-/m0/s1. The molecule has 0 radical (unpaired) electrons. The van der Waals surface area contributed by atoms with Crippen LogP contribution in [0.25, 0.3) is 0 Å². The zero-order chi connectivity index (χ0) is 39.2. The monoisotopic (exact) mass is 843 g/mol. The number of β-lactam (4-membered cyclic amide) rings is 1. The summed E-state index contributed by atoms with van der Waals surface area (Å²) in [4.78, 5) is 56.6. The van der Waals surface area contributed by atoms with Crippen LogP contribution in [-0.4, -0.2) is 52.4 Å². The van der Waals surface area contributed by atoms with E-state index >= 15 is 0 Å². The van der Waals surface area contributed by atoms with Gasteiger partial charge in [0.15, 0.2) is 6.10 Å². The fourth-order valence-electron chi connectivity index (χ4n) is 6.21. The molecule has 2 aliphatic rings. The second-order valence-corrected chi connectivity index (χ2v) is 16.0. The van der Waals surface area contributed by atoms with Crippen molar-refractivity contribution in [2.45, 2.75) is 23.9 Å². The van der Waals surface area contributed by atoms with Gasteiger partial charge in [-0.05, 0) is 70.6 Å². The number of benzene rings is 4. The summed E-state index contributed by atoms with van der Waals surface area (Å²) in [5.74, 6) is -1.26. The van der Waals surface area contributed by atoms with Crippen LogP contribution in [0.4, 0.5) is 5.69 Å². The van der Waals surface area contributed by atoms with Crippen LogP contribution >= 0.6 is 57.9 Å². The first kappa shape index (κ1) is 39.2. The Hall–Kier alpha value is -5.04. The minimum atomic E-state index is -0.804. The molecular formula is C42H32Cl3N3O6S2. The van der Waals surface area contributed by atoms with Crippen LogP contribution in [0, 0.1) is 0 Å². The van der Waals surface area contributed by atoms with E-state index in [1.807, 2.05) is 78.2 Å². The third-order valence-corrected chi connectivity index (χ3v) is 12.0. The lowest BCUT2D eigenvalue weighted by Crippen LogP contribution is -2.70. The molecule has 0 saturated carbocycles. The number of nitrogens with one attached hydrogen (secondary N) is 2. The normalized spacial score (nSPS) is 16.4. The number of nitrogens with zero attached hydrogens (tertiary/aromatic N) is 1. The van der Waals surface area contributed by atoms with E-state index < -0.39 is 35.3 Å². The number of anilines is 1. The number of carbonyl (C=O) groups is 4. The number of esters is 1. The van der Waals surface area contributed by atoms with E-state index in [0.717, 1.165) is 16.0 Å². The average Bonchev–Trinajstić information content (AvgIpc) is 3.72. The molecule has 5 aromatic rings. The van der Waals surface area contributed by atoms with Gasteiger partial charge in [-0.1, -0.05) is 108 Å². The molecule has 284 valence electrons. The highest BCUT2D eigenvalue weighted by Gasteiger charge is 2.54. The van der Waals surface area contributed by atoms with E-state index in [4.69, 9.17) is 44.3 Å². The van der Waals surface area contributed by atoms with E-state index in [1.54, 1.807) is 36.4 Å². The molecule has 1 unspecified atom stereocenters. The van der Waals surface area contributed by atoms with Crippen molar-refractivity contribution in [3.63, 3.8) is 0 Å². The number of halogens is 3. The van der Waals surface area contributed by atoms with Crippen LogP contribution in [0.1, 0.15) is 32.5 Å². The Balaban J connectivity index is 1.13. The van der Waals surface area contributed by atoms with Gasteiger partial charge in [-0.2, -0.15) is 0 Å². The molecule has 1 fully saturated rings. The largest absolute Gasteiger partial charge is 0.489 e. The van der Waals surface area contributed by atoms with Crippen LogP contribution in [-0.2, 0) is 25.5 Å². The first-order valence-corrected chi connectivity index (χ1v) is 20.4. The van der Waals surface area contributed by atoms with E-state index in [-0.39, 0.29) is 41.0 Å². The zero-order valence-electron chi connectivity index (χ0n) is 29.3. The Kier molecular flexibility index (Phi) is 12.5. The summed E-state index contributed by atoms with van der Waals surface area (Å²) in [6.45, 7) is 0.000608. The van der Waals surface area contributed by atoms with E-state index in [1.165, 1.54) is 40.1 Å². The fourth-order valence-corrected chi connectivity index (χ4v) is 8.70. The Morgan fingerprint density at radius 2 is 1.61 bits per heavy atom. The smallest absolute Gasteiger partial charge is 0.356 e. The highest BCUT2D eigenvalue weighted by atomic mass is 35.5. The summed E-state index contributed by atoms with van der Waals surface area (Å²) >= 11 is 21.3. The molecule has 4 aromatic carbocycles. The highest BCUT2D eigenvalue weighted by Crippen LogP contribution is 2.42. The molecule has 0 aliphatic carbocycles. The van der Waals surface area contributed by atoms with Crippen LogP contribution < -0.4 is 15.4 Å². The third kappa shape index (κ3) is 8.98. The van der Waals surface area contributed by atoms with E-state index in [0.29, 0.717) is 27.1 Å². The number of ether oxygens (including phenoxy) is 2. The number of carbonyl (C=O) groups excluding carboxylic acids is 4. The van der Waals surface area contributed by atoms with Gasteiger partial charge < -0.3 is 20.1 Å².